The van der Waals surface area contributed by atoms with Crippen molar-refractivity contribution in [2.45, 2.75) is 27.3 Å². The van der Waals surface area contributed by atoms with Gasteiger partial charge in [0, 0.05) is 19.2 Å². The zero-order chi connectivity index (χ0) is 20.0. The number of carbonyl (C=O) groups is 2. The number of carbonyl (C=O) groups excluding carboxylic acids is 2. The van der Waals surface area contributed by atoms with E-state index >= 15 is 0 Å². The number of hydrogen-bond acceptors (Lipinski definition) is 4. The molecule has 0 aliphatic heterocycles. The molecule has 2 amide bonds. The highest BCUT2D eigenvalue weighted by Gasteiger charge is 2.17. The highest BCUT2D eigenvalue weighted by atomic mass is 16.5. The number of benzene rings is 2. The molecule has 0 spiro atoms. The minimum Gasteiger partial charge on any atom is -0.493 e. The molecule has 6 nitrogen and oxygen atoms in total. The zero-order valence-electron chi connectivity index (χ0n) is 16.5. The van der Waals surface area contributed by atoms with Crippen LogP contribution in [0.5, 0.6) is 11.5 Å². The molecule has 0 saturated carbocycles. The van der Waals surface area contributed by atoms with Crippen LogP contribution in [-0.4, -0.2) is 32.6 Å². The fourth-order valence-electron chi connectivity index (χ4n) is 2.87. The quantitative estimate of drug-likeness (QED) is 0.814. The van der Waals surface area contributed by atoms with Crippen LogP contribution in [0.2, 0.25) is 0 Å². The van der Waals surface area contributed by atoms with Crippen LogP contribution < -0.4 is 19.7 Å². The van der Waals surface area contributed by atoms with E-state index < -0.39 is 0 Å². The van der Waals surface area contributed by atoms with E-state index in [1.54, 1.807) is 20.3 Å². The molecule has 2 aromatic carbocycles. The molecule has 0 aliphatic rings. The first kappa shape index (κ1) is 20.3. The van der Waals surface area contributed by atoms with Gasteiger partial charge in [0.2, 0.25) is 11.8 Å². The Morgan fingerprint density at radius 2 is 1.70 bits per heavy atom. The standard InChI is InChI=1S/C21H26N2O4/c1-14-6-8-18(15(2)10-14)23(16(3)24)13-21(25)22-12-17-7-9-19(26-4)20(11-17)27-5/h6-11H,12-13H2,1-5H3,(H,22,25). The Hall–Kier alpha value is -3.02. The fourth-order valence-corrected chi connectivity index (χ4v) is 2.87. The number of aryl methyl sites for hydroxylation is 2. The van der Waals surface area contributed by atoms with Crippen molar-refractivity contribution in [3.05, 3.63) is 53.1 Å². The summed E-state index contributed by atoms with van der Waals surface area (Å²) in [4.78, 5) is 25.9. The second kappa shape index (κ2) is 9.07. The van der Waals surface area contributed by atoms with Crippen LogP contribution in [0, 0.1) is 13.8 Å². The summed E-state index contributed by atoms with van der Waals surface area (Å²) in [6.45, 7) is 5.68. The average molecular weight is 370 g/mol. The summed E-state index contributed by atoms with van der Waals surface area (Å²) in [5.74, 6) is 0.818. The van der Waals surface area contributed by atoms with Gasteiger partial charge in [-0.15, -0.1) is 0 Å². The van der Waals surface area contributed by atoms with E-state index in [2.05, 4.69) is 5.32 Å². The monoisotopic (exact) mass is 370 g/mol. The molecule has 0 atom stereocenters. The summed E-state index contributed by atoms with van der Waals surface area (Å²) in [5.41, 5.74) is 3.69. The van der Waals surface area contributed by atoms with Crippen LogP contribution in [0.15, 0.2) is 36.4 Å². The Bertz CT molecular complexity index is 833. The third-order valence-corrected chi connectivity index (χ3v) is 4.26. The van der Waals surface area contributed by atoms with Crippen LogP contribution >= 0.6 is 0 Å². The van der Waals surface area contributed by atoms with Gasteiger partial charge < -0.3 is 19.7 Å². The normalized spacial score (nSPS) is 10.3. The first-order chi connectivity index (χ1) is 12.8. The molecular weight excluding hydrogens is 344 g/mol. The summed E-state index contributed by atoms with van der Waals surface area (Å²) in [6.07, 6.45) is 0. The van der Waals surface area contributed by atoms with E-state index in [4.69, 9.17) is 9.47 Å². The molecule has 0 saturated heterocycles. The van der Waals surface area contributed by atoms with Crippen LogP contribution in [0.25, 0.3) is 0 Å². The summed E-state index contributed by atoms with van der Waals surface area (Å²) < 4.78 is 10.5. The van der Waals surface area contributed by atoms with E-state index in [-0.39, 0.29) is 18.4 Å². The Labute approximate surface area is 160 Å². The van der Waals surface area contributed by atoms with Gasteiger partial charge in [-0.1, -0.05) is 23.8 Å². The van der Waals surface area contributed by atoms with Crippen molar-refractivity contribution in [3.8, 4) is 11.5 Å². The number of ether oxygens (including phenoxy) is 2. The van der Waals surface area contributed by atoms with Gasteiger partial charge >= 0.3 is 0 Å². The molecule has 2 rings (SSSR count). The van der Waals surface area contributed by atoms with Crippen molar-refractivity contribution >= 4 is 17.5 Å². The van der Waals surface area contributed by atoms with Gasteiger partial charge in [0.15, 0.2) is 11.5 Å². The number of hydrogen-bond donors (Lipinski definition) is 1. The lowest BCUT2D eigenvalue weighted by molar-refractivity contribution is -0.123. The summed E-state index contributed by atoms with van der Waals surface area (Å²) in [6, 6.07) is 11.2. The highest BCUT2D eigenvalue weighted by Crippen LogP contribution is 2.27. The van der Waals surface area contributed by atoms with Gasteiger partial charge in [-0.3, -0.25) is 9.59 Å². The van der Waals surface area contributed by atoms with E-state index in [1.165, 1.54) is 11.8 Å². The second-order valence-corrected chi connectivity index (χ2v) is 6.36. The summed E-state index contributed by atoms with van der Waals surface area (Å²) in [7, 11) is 3.14. The van der Waals surface area contributed by atoms with Crippen molar-refractivity contribution < 1.29 is 19.1 Å². The largest absolute Gasteiger partial charge is 0.493 e. The van der Waals surface area contributed by atoms with Crippen molar-refractivity contribution in [2.75, 3.05) is 25.7 Å². The van der Waals surface area contributed by atoms with Crippen molar-refractivity contribution in [1.29, 1.82) is 0 Å². The SMILES string of the molecule is COc1ccc(CNC(=O)CN(C(C)=O)c2ccc(C)cc2C)cc1OC. The lowest BCUT2D eigenvalue weighted by atomic mass is 10.1. The maximum absolute atomic E-state index is 12.4. The zero-order valence-corrected chi connectivity index (χ0v) is 16.5. The van der Waals surface area contributed by atoms with Crippen LogP contribution in [-0.2, 0) is 16.1 Å². The van der Waals surface area contributed by atoms with Gasteiger partial charge in [0.1, 0.15) is 6.54 Å². The molecule has 2 aromatic rings. The number of nitrogens with one attached hydrogen (secondary N) is 1. The smallest absolute Gasteiger partial charge is 0.240 e. The molecule has 1 N–H and O–H groups in total. The predicted molar refractivity (Wildman–Crippen MR) is 105 cm³/mol. The van der Waals surface area contributed by atoms with Gasteiger partial charge in [0.25, 0.3) is 0 Å². The lowest BCUT2D eigenvalue weighted by Crippen LogP contribution is -2.40. The number of nitrogens with zero attached hydrogens (tertiary/aromatic N) is 1. The minimum atomic E-state index is -0.236. The van der Waals surface area contributed by atoms with E-state index in [0.717, 1.165) is 22.4 Å². The number of methoxy groups -OCH3 is 2. The average Bonchev–Trinajstić information content (AvgIpc) is 2.64. The van der Waals surface area contributed by atoms with E-state index in [0.29, 0.717) is 18.0 Å². The maximum atomic E-state index is 12.4. The Morgan fingerprint density at radius 1 is 1.00 bits per heavy atom. The first-order valence-corrected chi connectivity index (χ1v) is 8.68. The lowest BCUT2D eigenvalue weighted by Gasteiger charge is -2.23. The molecule has 0 aromatic heterocycles. The second-order valence-electron chi connectivity index (χ2n) is 6.36. The van der Waals surface area contributed by atoms with Crippen LogP contribution in [0.3, 0.4) is 0 Å². The molecule has 0 bridgehead atoms. The molecule has 0 unspecified atom stereocenters. The van der Waals surface area contributed by atoms with Crippen LogP contribution in [0.4, 0.5) is 5.69 Å². The van der Waals surface area contributed by atoms with E-state index in [9.17, 15) is 9.59 Å². The van der Waals surface area contributed by atoms with Gasteiger partial charge in [-0.25, -0.2) is 0 Å². The minimum absolute atomic E-state index is 0.0352. The molecule has 0 heterocycles. The Balaban J connectivity index is 2.05. The van der Waals surface area contributed by atoms with Crippen molar-refractivity contribution in [1.82, 2.24) is 5.32 Å². The third kappa shape index (κ3) is 5.23. The molecule has 6 heteroatoms. The Kier molecular flexibility index (Phi) is 6.82. The van der Waals surface area contributed by atoms with Gasteiger partial charge in [-0.05, 0) is 43.2 Å². The van der Waals surface area contributed by atoms with Crippen LogP contribution in [0.1, 0.15) is 23.6 Å². The van der Waals surface area contributed by atoms with Gasteiger partial charge in [0.05, 0.1) is 14.2 Å². The van der Waals surface area contributed by atoms with Crippen molar-refractivity contribution in [2.24, 2.45) is 0 Å². The number of anilines is 1. The molecule has 144 valence electrons. The van der Waals surface area contributed by atoms with Gasteiger partial charge in [-0.2, -0.15) is 0 Å². The maximum Gasteiger partial charge on any atom is 0.240 e. The Morgan fingerprint density at radius 3 is 2.30 bits per heavy atom. The molecular formula is C21H26N2O4. The molecule has 27 heavy (non-hydrogen) atoms. The molecule has 0 fully saturated rings. The molecule has 0 radical (unpaired) electrons. The fraction of sp³-hybridized carbons (Fsp3) is 0.333. The summed E-state index contributed by atoms with van der Waals surface area (Å²) >= 11 is 0. The van der Waals surface area contributed by atoms with Crippen molar-refractivity contribution in [3.63, 3.8) is 0 Å². The number of rotatable bonds is 7. The highest BCUT2D eigenvalue weighted by molar-refractivity contribution is 5.98. The summed E-state index contributed by atoms with van der Waals surface area (Å²) in [5, 5.41) is 2.84. The first-order valence-electron chi connectivity index (χ1n) is 8.68. The third-order valence-electron chi connectivity index (χ3n) is 4.26. The van der Waals surface area contributed by atoms with E-state index in [1.807, 2.05) is 44.2 Å². The molecule has 0 aliphatic carbocycles. The topological polar surface area (TPSA) is 67.9 Å². The predicted octanol–water partition coefficient (Wildman–Crippen LogP) is 2.99. The number of amides is 2.